The van der Waals surface area contributed by atoms with Gasteiger partial charge in [-0.3, -0.25) is 4.90 Å². The van der Waals surface area contributed by atoms with Crippen LogP contribution in [-0.2, 0) is 10.3 Å². The average Bonchev–Trinajstić information content (AvgIpc) is 3.10. The van der Waals surface area contributed by atoms with E-state index in [2.05, 4.69) is 54.3 Å². The molecule has 7 heterocycles. The summed E-state index contributed by atoms with van der Waals surface area (Å²) in [6, 6.07) is 2.82. The molecule has 0 unspecified atom stereocenters. The van der Waals surface area contributed by atoms with E-state index >= 15 is 0 Å². The minimum atomic E-state index is -2.63. The number of hydrogen-bond donors (Lipinski definition) is 1. The summed E-state index contributed by atoms with van der Waals surface area (Å²) in [6.07, 6.45) is 5.41. The maximum Gasteiger partial charge on any atom is 0.281 e. The lowest BCUT2D eigenvalue weighted by Gasteiger charge is -2.54. The number of alkyl halides is 2. The van der Waals surface area contributed by atoms with Crippen LogP contribution in [0.2, 0.25) is 0 Å². The second kappa shape index (κ2) is 9.20. The van der Waals surface area contributed by atoms with E-state index in [1.807, 2.05) is 19.2 Å². The molecule has 7 rings (SSSR count). The molecule has 3 atom stereocenters. The second-order valence-electron chi connectivity index (χ2n) is 11.3. The van der Waals surface area contributed by atoms with Gasteiger partial charge in [0.2, 0.25) is 0 Å². The van der Waals surface area contributed by atoms with Crippen LogP contribution in [-0.4, -0.2) is 78.0 Å². The van der Waals surface area contributed by atoms with Crippen molar-refractivity contribution in [2.24, 2.45) is 0 Å². The number of ether oxygens (including phenoxy) is 1. The zero-order valence-electron chi connectivity index (χ0n) is 22.0. The Balaban J connectivity index is 1.17. The number of nitrogens with one attached hydrogen (secondary N) is 1. The highest BCUT2D eigenvalue weighted by atomic mass is 19.3. The van der Waals surface area contributed by atoms with Gasteiger partial charge in [0.25, 0.3) is 6.43 Å². The van der Waals surface area contributed by atoms with Gasteiger partial charge in [0.05, 0.1) is 23.2 Å². The second-order valence-corrected chi connectivity index (χ2v) is 11.3. The van der Waals surface area contributed by atoms with Gasteiger partial charge < -0.3 is 19.9 Å². The molecule has 1 N–H and O–H groups in total. The molecule has 2 aromatic rings. The summed E-state index contributed by atoms with van der Waals surface area (Å²) in [6.45, 7) is 10.4. The van der Waals surface area contributed by atoms with Crippen molar-refractivity contribution in [2.75, 3.05) is 55.6 Å². The highest BCUT2D eigenvalue weighted by molar-refractivity contribution is 5.76. The number of anilines is 2. The Morgan fingerprint density at radius 3 is 2.68 bits per heavy atom. The molecule has 0 aliphatic carbocycles. The van der Waals surface area contributed by atoms with E-state index in [1.54, 1.807) is 0 Å². The fraction of sp³-hybridized carbons (Fsp3) is 0.607. The van der Waals surface area contributed by atoms with Crippen molar-refractivity contribution in [3.05, 3.63) is 46.4 Å². The highest BCUT2D eigenvalue weighted by Crippen LogP contribution is 2.50. The van der Waals surface area contributed by atoms with E-state index in [0.717, 1.165) is 74.5 Å². The highest BCUT2D eigenvalue weighted by Gasteiger charge is 2.48. The van der Waals surface area contributed by atoms with Gasteiger partial charge in [-0.15, -0.1) is 0 Å². The van der Waals surface area contributed by atoms with E-state index in [1.165, 1.54) is 0 Å². The van der Waals surface area contributed by atoms with Crippen LogP contribution in [0.15, 0.2) is 18.3 Å². The predicted molar refractivity (Wildman–Crippen MR) is 142 cm³/mol. The molecule has 0 amide bonds. The first kappa shape index (κ1) is 24.4. The van der Waals surface area contributed by atoms with E-state index in [4.69, 9.17) is 4.74 Å². The summed E-state index contributed by atoms with van der Waals surface area (Å²) in [5.41, 5.74) is 4.16. The first-order chi connectivity index (χ1) is 18.4. The molecular weight excluding hydrogens is 488 g/mol. The van der Waals surface area contributed by atoms with Gasteiger partial charge in [0.15, 0.2) is 0 Å². The number of nitrogens with zero attached hydrogens (tertiary/aromatic N) is 6. The minimum Gasteiger partial charge on any atom is -0.364 e. The number of rotatable bonds is 3. The monoisotopic (exact) mass is 523 g/mol. The minimum absolute atomic E-state index is 0.0984. The third-order valence-corrected chi connectivity index (χ3v) is 9.29. The lowest BCUT2D eigenvalue weighted by Crippen LogP contribution is -2.69. The number of aryl methyl sites for hydroxylation is 1. The molecule has 1 spiro atoms. The van der Waals surface area contributed by atoms with Crippen molar-refractivity contribution >= 4 is 17.6 Å². The van der Waals surface area contributed by atoms with Crippen molar-refractivity contribution in [1.82, 2.24) is 25.4 Å². The standard InChI is InChI=1S/C28H35F2N7O/c1-17-15-32-34-25-18(2)38-28(24(17)25)6-10-36(11-7-28)23-14-21-19(26(33-23)27(29)30)4-3-5-20-22(16-37(20)21)35-12-8-31-9-13-35/h3-4,14-15,18,20,22,27,31H,5-13,16H2,1-2H3/t18-,20+,22-/m1/s1. The number of fused-ring (bicyclic) bond motifs is 5. The van der Waals surface area contributed by atoms with Gasteiger partial charge in [-0.2, -0.15) is 10.2 Å². The first-order valence-corrected chi connectivity index (χ1v) is 13.9. The van der Waals surface area contributed by atoms with Gasteiger partial charge in [-0.25, -0.2) is 13.8 Å². The Bertz CT molecular complexity index is 1260. The third kappa shape index (κ3) is 3.75. The molecule has 2 aromatic heterocycles. The molecule has 5 aliphatic rings. The molecule has 0 radical (unpaired) electrons. The smallest absolute Gasteiger partial charge is 0.281 e. The Labute approximate surface area is 222 Å². The summed E-state index contributed by atoms with van der Waals surface area (Å²) in [5.74, 6) is 0.643. The molecule has 38 heavy (non-hydrogen) atoms. The van der Waals surface area contributed by atoms with Gasteiger partial charge in [0.1, 0.15) is 17.6 Å². The Kier molecular flexibility index (Phi) is 5.90. The quantitative estimate of drug-likeness (QED) is 0.655. The van der Waals surface area contributed by atoms with E-state index in [9.17, 15) is 8.78 Å². The molecule has 202 valence electrons. The van der Waals surface area contributed by atoms with Crippen molar-refractivity contribution in [3.8, 4) is 0 Å². The normalized spacial score (nSPS) is 28.2. The van der Waals surface area contributed by atoms with Crippen LogP contribution in [0, 0.1) is 6.92 Å². The maximum absolute atomic E-state index is 14.4. The zero-order chi connectivity index (χ0) is 26.0. The van der Waals surface area contributed by atoms with Crippen LogP contribution >= 0.6 is 0 Å². The Hall–Kier alpha value is -2.69. The molecule has 8 nitrogen and oxygen atoms in total. The summed E-state index contributed by atoms with van der Waals surface area (Å²) in [5, 5.41) is 11.9. The molecule has 3 saturated heterocycles. The number of halogens is 2. The molecule has 3 fully saturated rings. The molecular formula is C28H35F2N7O. The molecule has 10 heteroatoms. The number of piperazine rings is 1. The Morgan fingerprint density at radius 2 is 1.92 bits per heavy atom. The van der Waals surface area contributed by atoms with Crippen LogP contribution in [0.25, 0.3) is 6.08 Å². The molecule has 0 aromatic carbocycles. The number of pyridine rings is 1. The van der Waals surface area contributed by atoms with Crippen molar-refractivity contribution in [1.29, 1.82) is 0 Å². The van der Waals surface area contributed by atoms with Crippen molar-refractivity contribution in [2.45, 2.75) is 63.3 Å². The summed E-state index contributed by atoms with van der Waals surface area (Å²) < 4.78 is 35.2. The third-order valence-electron chi connectivity index (χ3n) is 9.29. The van der Waals surface area contributed by atoms with Gasteiger partial charge in [-0.05, 0) is 38.7 Å². The predicted octanol–water partition coefficient (Wildman–Crippen LogP) is 3.58. The fourth-order valence-corrected chi connectivity index (χ4v) is 7.36. The summed E-state index contributed by atoms with van der Waals surface area (Å²) >= 11 is 0. The largest absolute Gasteiger partial charge is 0.364 e. The molecule has 0 saturated carbocycles. The fourth-order valence-electron chi connectivity index (χ4n) is 7.36. The number of aromatic nitrogens is 3. The van der Waals surface area contributed by atoms with Crippen molar-refractivity contribution in [3.63, 3.8) is 0 Å². The van der Waals surface area contributed by atoms with E-state index in [-0.39, 0.29) is 11.8 Å². The Morgan fingerprint density at radius 1 is 1.13 bits per heavy atom. The molecule has 0 bridgehead atoms. The maximum atomic E-state index is 14.4. The molecule has 5 aliphatic heterocycles. The van der Waals surface area contributed by atoms with Crippen LogP contribution in [0.5, 0.6) is 0 Å². The lowest BCUT2D eigenvalue weighted by molar-refractivity contribution is -0.0851. The summed E-state index contributed by atoms with van der Waals surface area (Å²) in [7, 11) is 0. The van der Waals surface area contributed by atoms with Crippen LogP contribution in [0.1, 0.15) is 66.8 Å². The lowest BCUT2D eigenvalue weighted by atomic mass is 9.83. The van der Waals surface area contributed by atoms with E-state index in [0.29, 0.717) is 36.6 Å². The van der Waals surface area contributed by atoms with E-state index < -0.39 is 12.0 Å². The average molecular weight is 524 g/mol. The first-order valence-electron chi connectivity index (χ1n) is 13.9. The zero-order valence-corrected chi connectivity index (χ0v) is 22.0. The van der Waals surface area contributed by atoms with Crippen LogP contribution < -0.4 is 15.1 Å². The number of piperidine rings is 1. The van der Waals surface area contributed by atoms with Gasteiger partial charge >= 0.3 is 0 Å². The summed E-state index contributed by atoms with van der Waals surface area (Å²) in [4.78, 5) is 11.6. The van der Waals surface area contributed by atoms with Gasteiger partial charge in [0, 0.05) is 75.1 Å². The van der Waals surface area contributed by atoms with Gasteiger partial charge in [-0.1, -0.05) is 12.2 Å². The van der Waals surface area contributed by atoms with Crippen LogP contribution in [0.3, 0.4) is 0 Å². The van der Waals surface area contributed by atoms with Crippen molar-refractivity contribution < 1.29 is 13.5 Å². The topological polar surface area (TPSA) is 69.7 Å². The van der Waals surface area contributed by atoms with Crippen LogP contribution in [0.4, 0.5) is 20.3 Å². The SMILES string of the molecule is Cc1cnnc2c1C1(CCN(c3cc4c(c(C(F)F)n3)C=CC[C@H]3[C@H](N5CCNCC5)CN43)CC1)O[C@@H]2C. The number of hydrogen-bond acceptors (Lipinski definition) is 8.